The minimum absolute atomic E-state index is 0.143. The van der Waals surface area contributed by atoms with Gasteiger partial charge in [-0.15, -0.1) is 0 Å². The van der Waals surface area contributed by atoms with E-state index < -0.39 is 4.92 Å². The van der Waals surface area contributed by atoms with Crippen LogP contribution in [0, 0.1) is 10.1 Å². The Kier molecular flexibility index (Phi) is 3.72. The van der Waals surface area contributed by atoms with Gasteiger partial charge in [-0.25, -0.2) is 0 Å². The quantitative estimate of drug-likeness (QED) is 0.274. The van der Waals surface area contributed by atoms with Gasteiger partial charge < -0.3 is 4.74 Å². The van der Waals surface area contributed by atoms with Crippen molar-refractivity contribution in [3.63, 3.8) is 0 Å². The first kappa shape index (κ1) is 13.6. The van der Waals surface area contributed by atoms with E-state index in [1.807, 2.05) is 0 Å². The highest BCUT2D eigenvalue weighted by molar-refractivity contribution is 5.90. The summed E-state index contributed by atoms with van der Waals surface area (Å²) in [5.41, 5.74) is 8.62. The molecule has 2 aromatic rings. The second-order valence-corrected chi connectivity index (χ2v) is 4.19. The van der Waals surface area contributed by atoms with Crippen molar-refractivity contribution in [2.45, 2.75) is 19.5 Å². The normalized spacial score (nSPS) is 11.9. The maximum Gasteiger partial charge on any atom is 0.336 e. The van der Waals surface area contributed by atoms with Crippen LogP contribution in [0.3, 0.4) is 0 Å². The van der Waals surface area contributed by atoms with E-state index in [9.17, 15) is 10.1 Å². The molecule has 1 heterocycles. The van der Waals surface area contributed by atoms with Crippen molar-refractivity contribution in [2.24, 2.45) is 5.11 Å². The van der Waals surface area contributed by atoms with E-state index >= 15 is 0 Å². The van der Waals surface area contributed by atoms with Gasteiger partial charge in [0.2, 0.25) is 0 Å². The standard InChI is InChI=1S/C11H12N6O3/c1-7(14-15-12)6-16-10-8(5-13-16)3-4-9(20-2)11(10)17(18)19/h3-5,7H,6H2,1-2H3/t7-/m0/s1. The van der Waals surface area contributed by atoms with Crippen LogP contribution >= 0.6 is 0 Å². The van der Waals surface area contributed by atoms with Gasteiger partial charge in [-0.1, -0.05) is 12.0 Å². The van der Waals surface area contributed by atoms with Gasteiger partial charge in [-0.2, -0.15) is 5.10 Å². The van der Waals surface area contributed by atoms with Crippen LogP contribution in [0.4, 0.5) is 5.69 Å². The summed E-state index contributed by atoms with van der Waals surface area (Å²) in [4.78, 5) is 13.5. The van der Waals surface area contributed by atoms with E-state index in [2.05, 4.69) is 15.1 Å². The lowest BCUT2D eigenvalue weighted by atomic mass is 10.2. The van der Waals surface area contributed by atoms with Gasteiger partial charge in [0.15, 0.2) is 5.75 Å². The number of rotatable bonds is 5. The number of ether oxygens (including phenoxy) is 1. The molecule has 104 valence electrons. The van der Waals surface area contributed by atoms with Gasteiger partial charge >= 0.3 is 5.69 Å². The summed E-state index contributed by atoms with van der Waals surface area (Å²) in [6, 6.07) is 2.86. The van der Waals surface area contributed by atoms with Crippen LogP contribution in [0.5, 0.6) is 5.75 Å². The molecular weight excluding hydrogens is 264 g/mol. The van der Waals surface area contributed by atoms with Crippen molar-refractivity contribution < 1.29 is 9.66 Å². The van der Waals surface area contributed by atoms with E-state index in [-0.39, 0.29) is 24.0 Å². The Morgan fingerprint density at radius 2 is 2.40 bits per heavy atom. The molecule has 1 atom stereocenters. The van der Waals surface area contributed by atoms with Crippen LogP contribution in [0.2, 0.25) is 0 Å². The molecule has 0 spiro atoms. The number of aromatic nitrogens is 2. The van der Waals surface area contributed by atoms with Crippen LogP contribution in [0.25, 0.3) is 21.3 Å². The summed E-state index contributed by atoms with van der Waals surface area (Å²) in [5.74, 6) is 0.167. The van der Waals surface area contributed by atoms with Crippen molar-refractivity contribution in [1.29, 1.82) is 0 Å². The largest absolute Gasteiger partial charge is 0.490 e. The van der Waals surface area contributed by atoms with Gasteiger partial charge in [-0.3, -0.25) is 14.8 Å². The smallest absolute Gasteiger partial charge is 0.336 e. The zero-order chi connectivity index (χ0) is 14.7. The van der Waals surface area contributed by atoms with Crippen LogP contribution < -0.4 is 4.74 Å². The van der Waals surface area contributed by atoms with E-state index in [1.165, 1.54) is 24.1 Å². The van der Waals surface area contributed by atoms with Crippen LogP contribution in [0.1, 0.15) is 6.92 Å². The molecule has 0 aliphatic rings. The third-order valence-corrected chi connectivity index (χ3v) is 2.83. The lowest BCUT2D eigenvalue weighted by Gasteiger charge is -2.08. The molecule has 0 radical (unpaired) electrons. The highest BCUT2D eigenvalue weighted by atomic mass is 16.6. The monoisotopic (exact) mass is 276 g/mol. The summed E-state index contributed by atoms with van der Waals surface area (Å²) >= 11 is 0. The number of methoxy groups -OCH3 is 1. The second-order valence-electron chi connectivity index (χ2n) is 4.19. The number of fused-ring (bicyclic) bond motifs is 1. The molecule has 1 aromatic heterocycles. The number of azide groups is 1. The fraction of sp³-hybridized carbons (Fsp3) is 0.364. The molecule has 0 N–H and O–H groups in total. The van der Waals surface area contributed by atoms with Gasteiger partial charge in [0.25, 0.3) is 0 Å². The van der Waals surface area contributed by atoms with Crippen molar-refractivity contribution in [2.75, 3.05) is 7.11 Å². The average molecular weight is 276 g/mol. The SMILES string of the molecule is COc1ccc2cnn(C[C@H](C)N=[N+]=[N-])c2c1[N+](=O)[O-]. The summed E-state index contributed by atoms with van der Waals surface area (Å²) in [5, 5.41) is 19.5. The number of nitro benzene ring substituents is 1. The molecule has 2 rings (SSSR count). The van der Waals surface area contributed by atoms with Crippen molar-refractivity contribution >= 4 is 16.6 Å². The van der Waals surface area contributed by atoms with Gasteiger partial charge in [0.05, 0.1) is 30.8 Å². The topological polar surface area (TPSA) is 119 Å². The molecule has 9 heteroatoms. The summed E-state index contributed by atoms with van der Waals surface area (Å²) < 4.78 is 6.48. The zero-order valence-corrected chi connectivity index (χ0v) is 10.9. The maximum absolute atomic E-state index is 11.3. The summed E-state index contributed by atoms with van der Waals surface area (Å²) in [6.45, 7) is 1.96. The molecule has 0 saturated heterocycles. The molecule has 0 bridgehead atoms. The first-order valence-electron chi connectivity index (χ1n) is 5.79. The zero-order valence-electron chi connectivity index (χ0n) is 10.9. The minimum Gasteiger partial charge on any atom is -0.490 e. The molecule has 20 heavy (non-hydrogen) atoms. The molecule has 0 unspecified atom stereocenters. The number of nitrogens with zero attached hydrogens (tertiary/aromatic N) is 6. The van der Waals surface area contributed by atoms with E-state index in [0.717, 1.165) is 0 Å². The predicted octanol–water partition coefficient (Wildman–Crippen LogP) is 2.65. The average Bonchev–Trinajstić information content (AvgIpc) is 2.80. The van der Waals surface area contributed by atoms with Crippen LogP contribution in [-0.2, 0) is 6.54 Å². The van der Waals surface area contributed by atoms with Crippen LogP contribution in [-0.4, -0.2) is 27.9 Å². The third-order valence-electron chi connectivity index (χ3n) is 2.83. The Hall–Kier alpha value is -2.80. The van der Waals surface area contributed by atoms with Crippen molar-refractivity contribution in [1.82, 2.24) is 9.78 Å². The fourth-order valence-electron chi connectivity index (χ4n) is 2.00. The second kappa shape index (κ2) is 5.45. The molecule has 1 aromatic carbocycles. The van der Waals surface area contributed by atoms with Crippen molar-refractivity contribution in [3.05, 3.63) is 38.9 Å². The highest BCUT2D eigenvalue weighted by Crippen LogP contribution is 2.35. The van der Waals surface area contributed by atoms with E-state index in [4.69, 9.17) is 10.3 Å². The number of benzene rings is 1. The summed E-state index contributed by atoms with van der Waals surface area (Å²) in [6.07, 6.45) is 1.53. The van der Waals surface area contributed by atoms with Crippen molar-refractivity contribution in [3.8, 4) is 5.75 Å². The number of nitro groups is 1. The molecule has 0 amide bonds. The Morgan fingerprint density at radius 3 is 3.00 bits per heavy atom. The van der Waals surface area contributed by atoms with Gasteiger partial charge in [0.1, 0.15) is 5.52 Å². The third kappa shape index (κ3) is 2.34. The number of hydrogen-bond donors (Lipinski definition) is 0. The predicted molar refractivity (Wildman–Crippen MR) is 71.5 cm³/mol. The van der Waals surface area contributed by atoms with Gasteiger partial charge in [-0.05, 0) is 17.7 Å². The fourth-order valence-corrected chi connectivity index (χ4v) is 2.00. The Morgan fingerprint density at radius 1 is 1.65 bits per heavy atom. The first-order valence-corrected chi connectivity index (χ1v) is 5.79. The Bertz CT molecular complexity index is 703. The van der Waals surface area contributed by atoms with E-state index in [0.29, 0.717) is 10.9 Å². The molecule has 0 saturated carbocycles. The molecule has 0 aliphatic carbocycles. The molecule has 0 fully saturated rings. The van der Waals surface area contributed by atoms with E-state index in [1.54, 1.807) is 13.0 Å². The maximum atomic E-state index is 11.3. The lowest BCUT2D eigenvalue weighted by molar-refractivity contribution is -0.384. The summed E-state index contributed by atoms with van der Waals surface area (Å²) in [7, 11) is 1.37. The molecular formula is C11H12N6O3. The Labute approximate surface area is 113 Å². The molecule has 0 aliphatic heterocycles. The van der Waals surface area contributed by atoms with Crippen LogP contribution in [0.15, 0.2) is 23.4 Å². The Balaban J connectivity index is 2.62. The lowest BCUT2D eigenvalue weighted by Crippen LogP contribution is -2.12. The highest BCUT2D eigenvalue weighted by Gasteiger charge is 2.23. The number of hydrogen-bond acceptors (Lipinski definition) is 5. The molecule has 9 nitrogen and oxygen atoms in total. The van der Waals surface area contributed by atoms with Gasteiger partial charge in [0, 0.05) is 10.3 Å². The first-order chi connectivity index (χ1) is 9.58. The minimum atomic E-state index is -0.502.